The molecule has 0 saturated heterocycles. The van der Waals surface area contributed by atoms with Crippen LogP contribution in [0.15, 0.2) is 41.3 Å². The Kier molecular flexibility index (Phi) is 4.37. The molecule has 24 heavy (non-hydrogen) atoms. The molecular formula is C13H9FN2O7S. The van der Waals surface area contributed by atoms with Crippen LogP contribution in [-0.2, 0) is 10.0 Å². The standard InChI is InChI=1S/C13H9FN2O7S/c14-10-4-2-8(6-11(10)16(20)21)24(22,23)15-7-1-3-9(13(18)19)12(17)5-7/h1-6,15,17H,(H,18,19). The number of aromatic hydroxyl groups is 1. The number of sulfonamides is 1. The lowest BCUT2D eigenvalue weighted by atomic mass is 10.2. The van der Waals surface area contributed by atoms with E-state index in [1.807, 2.05) is 4.72 Å². The first-order chi connectivity index (χ1) is 11.1. The van der Waals surface area contributed by atoms with Crippen LogP contribution in [0.2, 0.25) is 0 Å². The second kappa shape index (κ2) is 6.12. The Hall–Kier alpha value is -3.21. The van der Waals surface area contributed by atoms with E-state index in [4.69, 9.17) is 5.11 Å². The van der Waals surface area contributed by atoms with Crippen LogP contribution >= 0.6 is 0 Å². The van der Waals surface area contributed by atoms with E-state index in [1.54, 1.807) is 0 Å². The monoisotopic (exact) mass is 356 g/mol. The lowest BCUT2D eigenvalue weighted by molar-refractivity contribution is -0.387. The van der Waals surface area contributed by atoms with Crippen molar-refractivity contribution in [1.82, 2.24) is 0 Å². The maximum atomic E-state index is 13.3. The fourth-order valence-corrected chi connectivity index (χ4v) is 2.86. The lowest BCUT2D eigenvalue weighted by Gasteiger charge is -2.09. The zero-order valence-electron chi connectivity index (χ0n) is 11.6. The van der Waals surface area contributed by atoms with Crippen molar-refractivity contribution in [2.75, 3.05) is 4.72 Å². The zero-order chi connectivity index (χ0) is 18.1. The predicted molar refractivity (Wildman–Crippen MR) is 78.9 cm³/mol. The van der Waals surface area contributed by atoms with Crippen molar-refractivity contribution >= 4 is 27.4 Å². The zero-order valence-corrected chi connectivity index (χ0v) is 12.4. The van der Waals surface area contributed by atoms with Crippen molar-refractivity contribution in [2.45, 2.75) is 4.90 Å². The van der Waals surface area contributed by atoms with E-state index in [9.17, 15) is 32.8 Å². The first-order valence-electron chi connectivity index (χ1n) is 6.15. The lowest BCUT2D eigenvalue weighted by Crippen LogP contribution is -2.13. The van der Waals surface area contributed by atoms with Gasteiger partial charge >= 0.3 is 11.7 Å². The van der Waals surface area contributed by atoms with E-state index in [1.165, 1.54) is 0 Å². The van der Waals surface area contributed by atoms with Gasteiger partial charge in [-0.1, -0.05) is 0 Å². The largest absolute Gasteiger partial charge is 0.507 e. The van der Waals surface area contributed by atoms with E-state index in [0.29, 0.717) is 12.1 Å². The summed E-state index contributed by atoms with van der Waals surface area (Å²) in [6, 6.07) is 4.93. The predicted octanol–water partition coefficient (Wildman–Crippen LogP) is 1.94. The summed E-state index contributed by atoms with van der Waals surface area (Å²) in [4.78, 5) is 19.8. The molecule has 0 amide bonds. The van der Waals surface area contributed by atoms with Gasteiger partial charge in [0.1, 0.15) is 11.3 Å². The van der Waals surface area contributed by atoms with Crippen molar-refractivity contribution < 1.29 is 32.7 Å². The third-order valence-corrected chi connectivity index (χ3v) is 4.28. The Bertz CT molecular complexity index is 943. The molecule has 0 bridgehead atoms. The quantitative estimate of drug-likeness (QED) is 0.548. The number of aromatic carboxylic acids is 1. The molecule has 0 heterocycles. The Balaban J connectivity index is 2.39. The summed E-state index contributed by atoms with van der Waals surface area (Å²) in [6.07, 6.45) is 0. The number of phenols is 1. The minimum atomic E-state index is -4.32. The van der Waals surface area contributed by atoms with E-state index in [2.05, 4.69) is 0 Å². The number of hydrogen-bond donors (Lipinski definition) is 3. The molecule has 3 N–H and O–H groups in total. The van der Waals surface area contributed by atoms with Crippen LogP contribution in [0.5, 0.6) is 5.75 Å². The van der Waals surface area contributed by atoms with Crippen LogP contribution in [0.3, 0.4) is 0 Å². The molecule has 2 aromatic carbocycles. The molecular weight excluding hydrogens is 347 g/mol. The van der Waals surface area contributed by atoms with Gasteiger partial charge in [-0.15, -0.1) is 0 Å². The van der Waals surface area contributed by atoms with Gasteiger partial charge in [-0.25, -0.2) is 13.2 Å². The third kappa shape index (κ3) is 3.41. The second-order valence-electron chi connectivity index (χ2n) is 4.51. The molecule has 2 aromatic rings. The molecule has 0 aliphatic rings. The Morgan fingerprint density at radius 2 is 1.88 bits per heavy atom. The van der Waals surface area contributed by atoms with Gasteiger partial charge in [0.15, 0.2) is 0 Å². The first-order valence-corrected chi connectivity index (χ1v) is 7.63. The maximum Gasteiger partial charge on any atom is 0.339 e. The third-order valence-electron chi connectivity index (χ3n) is 2.90. The van der Waals surface area contributed by atoms with Crippen molar-refractivity contribution in [3.05, 3.63) is 57.9 Å². The molecule has 0 fully saturated rings. The van der Waals surface area contributed by atoms with Crippen LogP contribution in [0.25, 0.3) is 0 Å². The summed E-state index contributed by atoms with van der Waals surface area (Å²) >= 11 is 0. The molecule has 126 valence electrons. The van der Waals surface area contributed by atoms with Crippen LogP contribution in [0.1, 0.15) is 10.4 Å². The Labute approximate surface area is 134 Å². The van der Waals surface area contributed by atoms with E-state index < -0.39 is 48.6 Å². The van der Waals surface area contributed by atoms with E-state index in [-0.39, 0.29) is 5.69 Å². The highest BCUT2D eigenvalue weighted by Gasteiger charge is 2.22. The van der Waals surface area contributed by atoms with Crippen LogP contribution in [-0.4, -0.2) is 29.5 Å². The molecule has 2 rings (SSSR count). The number of anilines is 1. The van der Waals surface area contributed by atoms with Gasteiger partial charge in [-0.2, -0.15) is 4.39 Å². The summed E-state index contributed by atoms with van der Waals surface area (Å²) in [5, 5.41) is 29.0. The molecule has 0 aromatic heterocycles. The number of nitro benzene ring substituents is 1. The van der Waals surface area contributed by atoms with Crippen molar-refractivity contribution in [3.63, 3.8) is 0 Å². The fourth-order valence-electron chi connectivity index (χ4n) is 1.79. The molecule has 0 spiro atoms. The fraction of sp³-hybridized carbons (Fsp3) is 0. The highest BCUT2D eigenvalue weighted by atomic mass is 32.2. The normalized spacial score (nSPS) is 11.0. The van der Waals surface area contributed by atoms with Crippen molar-refractivity contribution in [3.8, 4) is 5.75 Å². The number of hydrogen-bond acceptors (Lipinski definition) is 6. The van der Waals surface area contributed by atoms with Gasteiger partial charge in [0.25, 0.3) is 10.0 Å². The number of halogens is 1. The first kappa shape index (κ1) is 17.1. The Morgan fingerprint density at radius 1 is 1.21 bits per heavy atom. The van der Waals surface area contributed by atoms with Gasteiger partial charge < -0.3 is 10.2 Å². The molecule has 0 atom stereocenters. The van der Waals surface area contributed by atoms with Gasteiger partial charge in [0.05, 0.1) is 15.5 Å². The second-order valence-corrected chi connectivity index (χ2v) is 6.20. The summed E-state index contributed by atoms with van der Waals surface area (Å²) < 4.78 is 39.6. The van der Waals surface area contributed by atoms with Gasteiger partial charge in [0.2, 0.25) is 5.82 Å². The summed E-state index contributed by atoms with van der Waals surface area (Å²) in [5.41, 5.74) is -1.62. The molecule has 0 aliphatic heterocycles. The Morgan fingerprint density at radius 3 is 2.42 bits per heavy atom. The number of carboxylic acids is 1. The molecule has 0 unspecified atom stereocenters. The van der Waals surface area contributed by atoms with Gasteiger partial charge in [-0.05, 0) is 24.3 Å². The minimum absolute atomic E-state index is 0.176. The summed E-state index contributed by atoms with van der Waals surface area (Å²) in [5.74, 6) is -3.27. The molecule has 0 aliphatic carbocycles. The number of nitrogens with one attached hydrogen (secondary N) is 1. The number of rotatable bonds is 5. The smallest absolute Gasteiger partial charge is 0.339 e. The summed E-state index contributed by atoms with van der Waals surface area (Å²) in [6.45, 7) is 0. The highest BCUT2D eigenvalue weighted by molar-refractivity contribution is 7.92. The van der Waals surface area contributed by atoms with E-state index >= 15 is 0 Å². The molecule has 11 heteroatoms. The molecule has 0 saturated carbocycles. The highest BCUT2D eigenvalue weighted by Crippen LogP contribution is 2.26. The average Bonchev–Trinajstić information content (AvgIpc) is 2.46. The molecule has 0 radical (unpaired) electrons. The maximum absolute atomic E-state index is 13.3. The number of carboxylic acid groups (broad SMARTS) is 1. The molecule has 9 nitrogen and oxygen atoms in total. The number of carbonyl (C=O) groups is 1. The average molecular weight is 356 g/mol. The van der Waals surface area contributed by atoms with Crippen LogP contribution in [0, 0.1) is 15.9 Å². The number of benzene rings is 2. The van der Waals surface area contributed by atoms with Crippen molar-refractivity contribution in [2.24, 2.45) is 0 Å². The minimum Gasteiger partial charge on any atom is -0.507 e. The number of nitro groups is 1. The van der Waals surface area contributed by atoms with Crippen LogP contribution < -0.4 is 4.72 Å². The number of nitrogens with zero attached hydrogens (tertiary/aromatic N) is 1. The summed E-state index contributed by atoms with van der Waals surface area (Å²) in [7, 11) is -4.32. The topological polar surface area (TPSA) is 147 Å². The van der Waals surface area contributed by atoms with Gasteiger partial charge in [0, 0.05) is 12.1 Å². The van der Waals surface area contributed by atoms with Crippen molar-refractivity contribution in [1.29, 1.82) is 0 Å². The SMILES string of the molecule is O=C(O)c1ccc(NS(=O)(=O)c2ccc(F)c([N+](=O)[O-])c2)cc1O. The van der Waals surface area contributed by atoms with E-state index in [0.717, 1.165) is 24.3 Å². The van der Waals surface area contributed by atoms with Gasteiger partial charge in [-0.3, -0.25) is 14.8 Å². The van der Waals surface area contributed by atoms with Crippen LogP contribution in [0.4, 0.5) is 15.8 Å².